The number of aryl methyl sites for hydroxylation is 3. The van der Waals surface area contributed by atoms with E-state index >= 15 is 0 Å². The van der Waals surface area contributed by atoms with E-state index < -0.39 is 0 Å². The van der Waals surface area contributed by atoms with Crippen LogP contribution in [-0.4, -0.2) is 44.0 Å². The van der Waals surface area contributed by atoms with E-state index in [4.69, 9.17) is 0 Å². The van der Waals surface area contributed by atoms with Crippen LogP contribution in [0.1, 0.15) is 25.7 Å². The van der Waals surface area contributed by atoms with Crippen molar-refractivity contribution in [3.63, 3.8) is 0 Å². The number of carbonyl (C=O) groups excluding carboxylic acids is 1. The lowest BCUT2D eigenvalue weighted by Gasteiger charge is -2.34. The number of likely N-dealkylation sites (N-methyl/N-ethyl adjacent to an activating group) is 1. The molecule has 2 heterocycles. The summed E-state index contributed by atoms with van der Waals surface area (Å²) in [7, 11) is 2.16. The quantitative estimate of drug-likeness (QED) is 0.923. The highest BCUT2D eigenvalue weighted by atomic mass is 32.1. The molecule has 4 nitrogen and oxygen atoms in total. The molecular weight excluding hydrogens is 318 g/mol. The summed E-state index contributed by atoms with van der Waals surface area (Å²) >= 11 is 1.66. The number of hydrogen-bond donors (Lipinski definition) is 1. The van der Waals surface area contributed by atoms with Crippen molar-refractivity contribution < 1.29 is 4.79 Å². The lowest BCUT2D eigenvalue weighted by atomic mass is 10.1. The maximum atomic E-state index is 12.5. The van der Waals surface area contributed by atoms with E-state index in [9.17, 15) is 4.79 Å². The van der Waals surface area contributed by atoms with Gasteiger partial charge in [-0.1, -0.05) is 0 Å². The number of anilines is 2. The van der Waals surface area contributed by atoms with Crippen LogP contribution in [-0.2, 0) is 0 Å². The summed E-state index contributed by atoms with van der Waals surface area (Å²) in [6, 6.07) is 8.27. The molecule has 0 unspecified atom stereocenters. The minimum absolute atomic E-state index is 0.0210. The molecule has 1 saturated heterocycles. The Balaban J connectivity index is 1.73. The summed E-state index contributed by atoms with van der Waals surface area (Å²) in [5.41, 5.74) is 4.01. The second-order valence-corrected chi connectivity index (χ2v) is 8.03. The predicted molar refractivity (Wildman–Crippen MR) is 103 cm³/mol. The molecule has 0 spiro atoms. The molecule has 24 heavy (non-hydrogen) atoms. The fraction of sp³-hybridized carbons (Fsp3) is 0.421. The molecule has 1 aromatic heterocycles. The molecule has 128 valence electrons. The fourth-order valence-corrected chi connectivity index (χ4v) is 4.02. The number of nitrogens with zero attached hydrogens (tertiary/aromatic N) is 2. The molecule has 1 aromatic carbocycles. The Bertz CT molecular complexity index is 745. The number of rotatable bonds is 3. The molecule has 1 aliphatic heterocycles. The van der Waals surface area contributed by atoms with Gasteiger partial charge in [-0.3, -0.25) is 4.79 Å². The van der Waals surface area contributed by atoms with Gasteiger partial charge in [-0.25, -0.2) is 0 Å². The second kappa shape index (κ2) is 6.95. The molecule has 5 heteroatoms. The van der Waals surface area contributed by atoms with Crippen LogP contribution in [0.3, 0.4) is 0 Å². The Hall–Kier alpha value is -1.85. The Morgan fingerprint density at radius 1 is 1.08 bits per heavy atom. The lowest BCUT2D eigenvalue weighted by Crippen LogP contribution is -2.44. The molecular formula is C19H25N3OS. The van der Waals surface area contributed by atoms with E-state index in [1.54, 1.807) is 11.3 Å². The number of amides is 1. The summed E-state index contributed by atoms with van der Waals surface area (Å²) in [5.74, 6) is -0.0210. The molecule has 0 radical (unpaired) electrons. The molecule has 0 atom stereocenters. The third-order valence-electron chi connectivity index (χ3n) is 4.61. The van der Waals surface area contributed by atoms with E-state index in [1.807, 2.05) is 26.0 Å². The van der Waals surface area contributed by atoms with Crippen molar-refractivity contribution in [2.45, 2.75) is 20.8 Å². The van der Waals surface area contributed by atoms with Crippen LogP contribution in [0.4, 0.5) is 11.4 Å². The first kappa shape index (κ1) is 17.0. The zero-order chi connectivity index (χ0) is 17.3. The van der Waals surface area contributed by atoms with E-state index in [0.717, 1.165) is 47.9 Å². The van der Waals surface area contributed by atoms with Gasteiger partial charge in [0.2, 0.25) is 0 Å². The van der Waals surface area contributed by atoms with Crippen molar-refractivity contribution in [1.29, 1.82) is 0 Å². The third-order valence-corrected chi connectivity index (χ3v) is 5.58. The molecule has 0 aliphatic carbocycles. The fourth-order valence-electron chi connectivity index (χ4n) is 3.10. The zero-order valence-corrected chi connectivity index (χ0v) is 15.7. The first-order valence-corrected chi connectivity index (χ1v) is 9.18. The average molecular weight is 343 g/mol. The van der Waals surface area contributed by atoms with Crippen LogP contribution >= 0.6 is 11.3 Å². The molecule has 1 N–H and O–H groups in total. The van der Waals surface area contributed by atoms with Crippen molar-refractivity contribution in [2.75, 3.05) is 43.4 Å². The van der Waals surface area contributed by atoms with Gasteiger partial charge in [0.25, 0.3) is 5.91 Å². The normalized spacial score (nSPS) is 15.6. The van der Waals surface area contributed by atoms with Crippen molar-refractivity contribution in [3.05, 3.63) is 45.1 Å². The van der Waals surface area contributed by atoms with Gasteiger partial charge in [-0.05, 0) is 57.6 Å². The maximum absolute atomic E-state index is 12.5. The summed E-state index contributed by atoms with van der Waals surface area (Å²) < 4.78 is 0. The van der Waals surface area contributed by atoms with Crippen molar-refractivity contribution in [2.24, 2.45) is 0 Å². The first-order valence-electron chi connectivity index (χ1n) is 8.36. The predicted octanol–water partition coefficient (Wildman–Crippen LogP) is 3.68. The van der Waals surface area contributed by atoms with Gasteiger partial charge >= 0.3 is 0 Å². The number of nitrogens with one attached hydrogen (secondary N) is 1. The van der Waals surface area contributed by atoms with Crippen LogP contribution in [0, 0.1) is 20.8 Å². The van der Waals surface area contributed by atoms with Gasteiger partial charge in [0.15, 0.2) is 0 Å². The summed E-state index contributed by atoms with van der Waals surface area (Å²) in [5, 5.41) is 3.06. The van der Waals surface area contributed by atoms with Crippen LogP contribution in [0.2, 0.25) is 0 Å². The summed E-state index contributed by atoms with van der Waals surface area (Å²) in [6.07, 6.45) is 0. The SMILES string of the molecule is Cc1cc(C(=O)Nc2ccc(N3CCN(C)CC3)cc2C)c(C)s1. The van der Waals surface area contributed by atoms with E-state index in [0.29, 0.717) is 0 Å². The largest absolute Gasteiger partial charge is 0.369 e. The Morgan fingerprint density at radius 3 is 2.38 bits per heavy atom. The van der Waals surface area contributed by atoms with E-state index in [-0.39, 0.29) is 5.91 Å². The van der Waals surface area contributed by atoms with Crippen LogP contribution in [0.25, 0.3) is 0 Å². The Morgan fingerprint density at radius 2 is 1.79 bits per heavy atom. The highest BCUT2D eigenvalue weighted by Gasteiger charge is 2.16. The highest BCUT2D eigenvalue weighted by molar-refractivity contribution is 7.12. The minimum atomic E-state index is -0.0210. The van der Waals surface area contributed by atoms with Gasteiger partial charge in [0, 0.05) is 47.3 Å². The molecule has 0 bridgehead atoms. The maximum Gasteiger partial charge on any atom is 0.256 e. The van der Waals surface area contributed by atoms with Crippen LogP contribution in [0.15, 0.2) is 24.3 Å². The highest BCUT2D eigenvalue weighted by Crippen LogP contribution is 2.26. The number of benzene rings is 1. The molecule has 1 aliphatic rings. The minimum Gasteiger partial charge on any atom is -0.369 e. The van der Waals surface area contributed by atoms with E-state index in [1.165, 1.54) is 10.6 Å². The molecule has 3 rings (SSSR count). The van der Waals surface area contributed by atoms with Crippen LogP contribution in [0.5, 0.6) is 0 Å². The number of thiophene rings is 1. The monoisotopic (exact) mass is 343 g/mol. The van der Waals surface area contributed by atoms with Gasteiger partial charge in [0.05, 0.1) is 5.56 Å². The van der Waals surface area contributed by atoms with Crippen LogP contribution < -0.4 is 10.2 Å². The lowest BCUT2D eigenvalue weighted by molar-refractivity contribution is 0.102. The summed E-state index contributed by atoms with van der Waals surface area (Å²) in [6.45, 7) is 10.4. The third kappa shape index (κ3) is 3.62. The van der Waals surface area contributed by atoms with Gasteiger partial charge in [-0.2, -0.15) is 0 Å². The first-order chi connectivity index (χ1) is 11.4. The Kier molecular flexibility index (Phi) is 4.92. The number of hydrogen-bond acceptors (Lipinski definition) is 4. The van der Waals surface area contributed by atoms with E-state index in [2.05, 4.69) is 41.2 Å². The van der Waals surface area contributed by atoms with Crippen molar-refractivity contribution >= 4 is 28.6 Å². The topological polar surface area (TPSA) is 35.6 Å². The summed E-state index contributed by atoms with van der Waals surface area (Å²) in [4.78, 5) is 19.5. The molecule has 2 aromatic rings. The van der Waals surface area contributed by atoms with Crippen molar-refractivity contribution in [1.82, 2.24) is 4.90 Å². The molecule has 1 amide bonds. The second-order valence-electron chi connectivity index (χ2n) is 6.57. The van der Waals surface area contributed by atoms with Crippen molar-refractivity contribution in [3.8, 4) is 0 Å². The smallest absolute Gasteiger partial charge is 0.256 e. The Labute approximate surface area is 148 Å². The van der Waals surface area contributed by atoms with Gasteiger partial charge in [0.1, 0.15) is 0 Å². The van der Waals surface area contributed by atoms with Gasteiger partial charge in [-0.15, -0.1) is 11.3 Å². The number of carbonyl (C=O) groups is 1. The molecule has 0 saturated carbocycles. The average Bonchev–Trinajstić information content (AvgIpc) is 2.89. The molecule has 1 fully saturated rings. The zero-order valence-electron chi connectivity index (χ0n) is 14.8. The number of piperazine rings is 1. The van der Waals surface area contributed by atoms with Gasteiger partial charge < -0.3 is 15.1 Å². The standard InChI is InChI=1S/C19H25N3OS/c1-13-11-16(22-9-7-21(4)8-10-22)5-6-18(13)20-19(23)17-12-14(2)24-15(17)3/h5-6,11-12H,7-10H2,1-4H3,(H,20,23).